The van der Waals surface area contributed by atoms with E-state index in [2.05, 4.69) is 20.8 Å². The first-order chi connectivity index (χ1) is 14.0. The Morgan fingerprint density at radius 1 is 1.14 bits per heavy atom. The number of anilines is 2. The van der Waals surface area contributed by atoms with E-state index in [-0.39, 0.29) is 17.3 Å². The number of carbonyl (C=O) groups is 1. The minimum Gasteiger partial charge on any atom is -0.349 e. The van der Waals surface area contributed by atoms with Crippen LogP contribution in [0.1, 0.15) is 15.9 Å². The fourth-order valence-corrected chi connectivity index (χ4v) is 2.76. The van der Waals surface area contributed by atoms with Crippen molar-refractivity contribution in [3.63, 3.8) is 0 Å². The summed E-state index contributed by atoms with van der Waals surface area (Å²) in [6.45, 7) is 0.412. The van der Waals surface area contributed by atoms with Gasteiger partial charge in [-0.25, -0.2) is 9.97 Å². The minimum absolute atomic E-state index is 0.122. The van der Waals surface area contributed by atoms with E-state index in [0.717, 1.165) is 5.56 Å². The number of nitrogens with zero attached hydrogens (tertiary/aromatic N) is 4. The van der Waals surface area contributed by atoms with Crippen LogP contribution in [0.5, 0.6) is 0 Å². The zero-order valence-electron chi connectivity index (χ0n) is 15.4. The summed E-state index contributed by atoms with van der Waals surface area (Å²) in [5, 5.41) is 12.2. The van der Waals surface area contributed by atoms with Crippen molar-refractivity contribution >= 4 is 34.8 Å². The molecule has 2 N–H and O–H groups in total. The van der Waals surface area contributed by atoms with Crippen LogP contribution in [-0.4, -0.2) is 27.8 Å². The van der Waals surface area contributed by atoms with Crippen LogP contribution in [0.3, 0.4) is 0 Å². The number of benzene rings is 2. The van der Waals surface area contributed by atoms with Crippen molar-refractivity contribution in [2.75, 3.05) is 17.4 Å². The van der Waals surface area contributed by atoms with Crippen LogP contribution in [0.2, 0.25) is 5.02 Å². The zero-order valence-corrected chi connectivity index (χ0v) is 16.1. The first-order valence-corrected chi connectivity index (χ1v) is 8.90. The fraction of sp³-hybridized carbons (Fsp3) is 0.105. The smallest absolute Gasteiger partial charge is 0.349 e. The van der Waals surface area contributed by atoms with E-state index in [9.17, 15) is 14.9 Å². The lowest BCUT2D eigenvalue weighted by Gasteiger charge is -2.19. The fourth-order valence-electron chi connectivity index (χ4n) is 2.63. The Bertz CT molecular complexity index is 1010. The second-order valence-corrected chi connectivity index (χ2v) is 6.52. The number of amides is 1. The standard InChI is InChI=1S/C19H17ClN6O3/c1-25(11-13-5-3-2-4-6-13)18-16(26(28)29)17(21-12-22-18)23-24-19(27)14-7-9-15(20)10-8-14/h2-10,12H,11H2,1H3,(H,24,27)(H,21,22,23). The number of carbonyl (C=O) groups excluding carboxylic acids is 1. The van der Waals surface area contributed by atoms with E-state index in [0.29, 0.717) is 17.1 Å². The highest BCUT2D eigenvalue weighted by molar-refractivity contribution is 6.30. The molecule has 1 heterocycles. The molecule has 9 nitrogen and oxygen atoms in total. The number of nitrogens with one attached hydrogen (secondary N) is 2. The van der Waals surface area contributed by atoms with Gasteiger partial charge in [0.25, 0.3) is 5.91 Å². The van der Waals surface area contributed by atoms with Crippen LogP contribution < -0.4 is 15.8 Å². The van der Waals surface area contributed by atoms with Crippen molar-refractivity contribution in [1.29, 1.82) is 0 Å². The van der Waals surface area contributed by atoms with Gasteiger partial charge in [-0.3, -0.25) is 25.8 Å². The van der Waals surface area contributed by atoms with Crippen LogP contribution in [-0.2, 0) is 6.54 Å². The third-order valence-corrected chi connectivity index (χ3v) is 4.26. The number of halogens is 1. The maximum Gasteiger partial charge on any atom is 0.355 e. The average Bonchev–Trinajstić information content (AvgIpc) is 2.72. The van der Waals surface area contributed by atoms with E-state index in [1.54, 1.807) is 24.1 Å². The molecule has 1 amide bonds. The van der Waals surface area contributed by atoms with Gasteiger partial charge in [0, 0.05) is 24.2 Å². The van der Waals surface area contributed by atoms with Gasteiger partial charge in [-0.2, -0.15) is 0 Å². The third kappa shape index (κ3) is 4.96. The summed E-state index contributed by atoms with van der Waals surface area (Å²) in [6.07, 6.45) is 1.20. The van der Waals surface area contributed by atoms with Gasteiger partial charge in [0.1, 0.15) is 6.33 Å². The molecule has 2 aromatic carbocycles. The SMILES string of the molecule is CN(Cc1ccccc1)c1ncnc(NNC(=O)c2ccc(Cl)cc2)c1[N+](=O)[O-]. The lowest BCUT2D eigenvalue weighted by atomic mass is 10.2. The van der Waals surface area contributed by atoms with Crippen LogP contribution in [0.25, 0.3) is 0 Å². The molecule has 3 rings (SSSR count). The molecule has 29 heavy (non-hydrogen) atoms. The Morgan fingerprint density at radius 2 is 1.83 bits per heavy atom. The Morgan fingerprint density at radius 3 is 2.48 bits per heavy atom. The van der Waals surface area contributed by atoms with Crippen molar-refractivity contribution in [2.45, 2.75) is 6.54 Å². The molecule has 0 aliphatic heterocycles. The highest BCUT2D eigenvalue weighted by Gasteiger charge is 2.26. The second kappa shape index (κ2) is 8.98. The molecule has 0 fully saturated rings. The highest BCUT2D eigenvalue weighted by Crippen LogP contribution is 2.31. The summed E-state index contributed by atoms with van der Waals surface area (Å²) in [5.41, 5.74) is 5.87. The predicted molar refractivity (Wildman–Crippen MR) is 110 cm³/mol. The summed E-state index contributed by atoms with van der Waals surface area (Å²) in [5.74, 6) is -0.493. The van der Waals surface area contributed by atoms with E-state index in [4.69, 9.17) is 11.6 Å². The summed E-state index contributed by atoms with van der Waals surface area (Å²) in [6, 6.07) is 15.7. The molecule has 0 radical (unpaired) electrons. The van der Waals surface area contributed by atoms with Gasteiger partial charge in [0.15, 0.2) is 0 Å². The maximum absolute atomic E-state index is 12.2. The number of hydrogen-bond donors (Lipinski definition) is 2. The molecule has 3 aromatic rings. The Kier molecular flexibility index (Phi) is 6.20. The van der Waals surface area contributed by atoms with Crippen molar-refractivity contribution in [1.82, 2.24) is 15.4 Å². The third-order valence-electron chi connectivity index (χ3n) is 4.01. The van der Waals surface area contributed by atoms with Gasteiger partial charge in [-0.1, -0.05) is 41.9 Å². The molecule has 0 saturated heterocycles. The Hall–Kier alpha value is -3.72. The number of hydrazine groups is 1. The van der Waals surface area contributed by atoms with Gasteiger partial charge in [0.05, 0.1) is 4.92 Å². The quantitative estimate of drug-likeness (QED) is 0.451. The molecule has 0 bridgehead atoms. The Balaban J connectivity index is 1.80. The topological polar surface area (TPSA) is 113 Å². The number of aromatic nitrogens is 2. The summed E-state index contributed by atoms with van der Waals surface area (Å²) in [4.78, 5) is 32.9. The molecule has 1 aromatic heterocycles. The van der Waals surface area contributed by atoms with Crippen LogP contribution >= 0.6 is 11.6 Å². The number of hydrogen-bond acceptors (Lipinski definition) is 7. The van der Waals surface area contributed by atoms with E-state index >= 15 is 0 Å². The molecule has 0 aliphatic rings. The number of nitro groups is 1. The van der Waals surface area contributed by atoms with Crippen molar-refractivity contribution < 1.29 is 9.72 Å². The highest BCUT2D eigenvalue weighted by atomic mass is 35.5. The first-order valence-electron chi connectivity index (χ1n) is 8.52. The minimum atomic E-state index is -0.590. The Labute approximate surface area is 171 Å². The molecule has 0 atom stereocenters. The van der Waals surface area contributed by atoms with E-state index in [1.165, 1.54) is 18.5 Å². The molecular formula is C19H17ClN6O3. The first kappa shape index (κ1) is 20.0. The second-order valence-electron chi connectivity index (χ2n) is 6.08. The maximum atomic E-state index is 12.2. The van der Waals surface area contributed by atoms with Gasteiger partial charge < -0.3 is 4.90 Å². The largest absolute Gasteiger partial charge is 0.355 e. The molecule has 0 unspecified atom stereocenters. The van der Waals surface area contributed by atoms with Crippen molar-refractivity contribution in [3.8, 4) is 0 Å². The number of rotatable bonds is 7. The normalized spacial score (nSPS) is 10.3. The van der Waals surface area contributed by atoms with Crippen molar-refractivity contribution in [2.24, 2.45) is 0 Å². The van der Waals surface area contributed by atoms with Crippen LogP contribution in [0.4, 0.5) is 17.3 Å². The predicted octanol–water partition coefficient (Wildman–Crippen LogP) is 3.43. The van der Waals surface area contributed by atoms with Crippen molar-refractivity contribution in [3.05, 3.63) is 87.2 Å². The molecule has 148 valence electrons. The lowest BCUT2D eigenvalue weighted by Crippen LogP contribution is -2.30. The van der Waals surface area contributed by atoms with Gasteiger partial charge >= 0.3 is 5.69 Å². The lowest BCUT2D eigenvalue weighted by molar-refractivity contribution is -0.383. The summed E-state index contributed by atoms with van der Waals surface area (Å²) >= 11 is 5.81. The molecular weight excluding hydrogens is 396 g/mol. The van der Waals surface area contributed by atoms with E-state index in [1.807, 2.05) is 30.3 Å². The van der Waals surface area contributed by atoms with Crippen LogP contribution in [0, 0.1) is 10.1 Å². The van der Waals surface area contributed by atoms with Gasteiger partial charge in [-0.15, -0.1) is 0 Å². The molecule has 10 heteroatoms. The van der Waals surface area contributed by atoms with Crippen LogP contribution in [0.15, 0.2) is 60.9 Å². The van der Waals surface area contributed by atoms with E-state index < -0.39 is 10.8 Å². The monoisotopic (exact) mass is 412 g/mol. The summed E-state index contributed by atoms with van der Waals surface area (Å²) < 4.78 is 0. The molecule has 0 saturated carbocycles. The van der Waals surface area contributed by atoms with Gasteiger partial charge in [0.2, 0.25) is 11.6 Å². The molecule has 0 spiro atoms. The molecule has 0 aliphatic carbocycles. The summed E-state index contributed by atoms with van der Waals surface area (Å²) in [7, 11) is 1.69. The van der Waals surface area contributed by atoms with Gasteiger partial charge in [-0.05, 0) is 29.8 Å². The zero-order chi connectivity index (χ0) is 20.8. The average molecular weight is 413 g/mol.